The van der Waals surface area contributed by atoms with Crippen molar-refractivity contribution < 1.29 is 9.72 Å². The number of carbonyl (C=O) groups is 1. The first-order valence-corrected chi connectivity index (χ1v) is 6.39. The van der Waals surface area contributed by atoms with Crippen molar-refractivity contribution in [2.24, 2.45) is 0 Å². The zero-order valence-electron chi connectivity index (χ0n) is 10.6. The zero-order chi connectivity index (χ0) is 15.6. The normalized spacial score (nSPS) is 10.2. The highest BCUT2D eigenvalue weighted by molar-refractivity contribution is 6.34. The van der Waals surface area contributed by atoms with E-state index in [0.717, 1.165) is 6.07 Å². The SMILES string of the molecule is Cc1cc(Cl)nc(NC(=O)c2cc([N+](=O)[O-])ccc2Cl)n1. The van der Waals surface area contributed by atoms with E-state index in [0.29, 0.717) is 5.69 Å². The quantitative estimate of drug-likeness (QED) is 0.530. The lowest BCUT2D eigenvalue weighted by Crippen LogP contribution is -2.15. The molecule has 9 heteroatoms. The van der Waals surface area contributed by atoms with Crippen LogP contribution in [0, 0.1) is 17.0 Å². The number of aromatic nitrogens is 2. The Morgan fingerprint density at radius 1 is 1.29 bits per heavy atom. The van der Waals surface area contributed by atoms with Crippen LogP contribution in [0.2, 0.25) is 10.2 Å². The van der Waals surface area contributed by atoms with Gasteiger partial charge in [-0.3, -0.25) is 20.2 Å². The van der Waals surface area contributed by atoms with Gasteiger partial charge in [-0.25, -0.2) is 9.97 Å². The summed E-state index contributed by atoms with van der Waals surface area (Å²) in [5, 5.41) is 13.4. The second-order valence-electron chi connectivity index (χ2n) is 4.03. The molecule has 0 aliphatic rings. The number of hydrogen-bond acceptors (Lipinski definition) is 5. The molecule has 0 bridgehead atoms. The molecule has 0 unspecified atom stereocenters. The number of non-ortho nitro benzene ring substituents is 1. The van der Waals surface area contributed by atoms with Gasteiger partial charge in [0.1, 0.15) is 5.15 Å². The van der Waals surface area contributed by atoms with Crippen LogP contribution in [0.4, 0.5) is 11.6 Å². The summed E-state index contributed by atoms with van der Waals surface area (Å²) in [7, 11) is 0. The number of nitro benzene ring substituents is 1. The Hall–Kier alpha value is -2.25. The van der Waals surface area contributed by atoms with E-state index in [-0.39, 0.29) is 27.4 Å². The molecular weight excluding hydrogens is 319 g/mol. The second kappa shape index (κ2) is 6.02. The Labute approximate surface area is 129 Å². The highest BCUT2D eigenvalue weighted by Gasteiger charge is 2.17. The average molecular weight is 327 g/mol. The monoisotopic (exact) mass is 326 g/mol. The summed E-state index contributed by atoms with van der Waals surface area (Å²) in [6.07, 6.45) is 0. The van der Waals surface area contributed by atoms with Gasteiger partial charge >= 0.3 is 0 Å². The number of rotatable bonds is 3. The molecule has 0 spiro atoms. The van der Waals surface area contributed by atoms with Gasteiger partial charge in [-0.05, 0) is 19.1 Å². The number of amides is 1. The summed E-state index contributed by atoms with van der Waals surface area (Å²) < 4.78 is 0. The number of hydrogen-bond donors (Lipinski definition) is 1. The number of nitrogens with one attached hydrogen (secondary N) is 1. The first-order valence-electron chi connectivity index (χ1n) is 5.63. The fraction of sp³-hybridized carbons (Fsp3) is 0.0833. The van der Waals surface area contributed by atoms with Crippen LogP contribution in [0.5, 0.6) is 0 Å². The summed E-state index contributed by atoms with van der Waals surface area (Å²) >= 11 is 11.6. The van der Waals surface area contributed by atoms with Gasteiger partial charge < -0.3 is 0 Å². The molecule has 2 rings (SSSR count). The molecule has 108 valence electrons. The van der Waals surface area contributed by atoms with E-state index in [4.69, 9.17) is 23.2 Å². The fourth-order valence-corrected chi connectivity index (χ4v) is 2.00. The van der Waals surface area contributed by atoms with Crippen LogP contribution in [0.15, 0.2) is 24.3 Å². The molecule has 0 radical (unpaired) electrons. The first kappa shape index (κ1) is 15.1. The predicted octanol–water partition coefficient (Wildman–Crippen LogP) is 3.25. The van der Waals surface area contributed by atoms with Crippen molar-refractivity contribution >= 4 is 40.7 Å². The minimum Gasteiger partial charge on any atom is -0.290 e. The highest BCUT2D eigenvalue weighted by Crippen LogP contribution is 2.23. The highest BCUT2D eigenvalue weighted by atomic mass is 35.5. The smallest absolute Gasteiger partial charge is 0.270 e. The number of benzene rings is 1. The number of halogens is 2. The van der Waals surface area contributed by atoms with E-state index in [1.807, 2.05) is 0 Å². The predicted molar refractivity (Wildman–Crippen MR) is 77.8 cm³/mol. The minimum absolute atomic E-state index is 0.00688. The van der Waals surface area contributed by atoms with Crippen molar-refractivity contribution in [3.63, 3.8) is 0 Å². The molecule has 0 saturated carbocycles. The van der Waals surface area contributed by atoms with E-state index < -0.39 is 10.8 Å². The lowest BCUT2D eigenvalue weighted by atomic mass is 10.2. The number of nitro groups is 1. The van der Waals surface area contributed by atoms with Crippen LogP contribution >= 0.6 is 23.2 Å². The van der Waals surface area contributed by atoms with Gasteiger partial charge in [-0.15, -0.1) is 0 Å². The third-order valence-corrected chi connectivity index (χ3v) is 2.98. The van der Waals surface area contributed by atoms with Crippen LogP contribution in [0.25, 0.3) is 0 Å². The molecule has 0 atom stereocenters. The van der Waals surface area contributed by atoms with E-state index in [1.165, 1.54) is 18.2 Å². The molecule has 1 aromatic heterocycles. The molecule has 1 aromatic carbocycles. The van der Waals surface area contributed by atoms with Gasteiger partial charge in [0.15, 0.2) is 0 Å². The van der Waals surface area contributed by atoms with Crippen molar-refractivity contribution in [1.29, 1.82) is 0 Å². The maximum absolute atomic E-state index is 12.1. The van der Waals surface area contributed by atoms with Crippen molar-refractivity contribution in [2.45, 2.75) is 6.92 Å². The zero-order valence-corrected chi connectivity index (χ0v) is 12.1. The lowest BCUT2D eigenvalue weighted by Gasteiger charge is -2.06. The fourth-order valence-electron chi connectivity index (χ4n) is 1.56. The summed E-state index contributed by atoms with van der Waals surface area (Å²) in [6, 6.07) is 5.09. The third kappa shape index (κ3) is 3.65. The molecule has 0 saturated heterocycles. The molecule has 21 heavy (non-hydrogen) atoms. The Morgan fingerprint density at radius 3 is 2.62 bits per heavy atom. The molecule has 1 N–H and O–H groups in total. The van der Waals surface area contributed by atoms with Crippen LogP contribution in [-0.2, 0) is 0 Å². The Balaban J connectivity index is 2.31. The topological polar surface area (TPSA) is 98.0 Å². The lowest BCUT2D eigenvalue weighted by molar-refractivity contribution is -0.384. The number of aryl methyl sites for hydroxylation is 1. The van der Waals surface area contributed by atoms with Gasteiger partial charge in [0.25, 0.3) is 11.6 Å². The molecule has 7 nitrogen and oxygen atoms in total. The molecule has 0 aliphatic carbocycles. The maximum Gasteiger partial charge on any atom is 0.270 e. The van der Waals surface area contributed by atoms with Crippen LogP contribution in [0.1, 0.15) is 16.1 Å². The number of anilines is 1. The number of carbonyl (C=O) groups excluding carboxylic acids is 1. The van der Waals surface area contributed by atoms with Gasteiger partial charge in [0.2, 0.25) is 5.95 Å². The van der Waals surface area contributed by atoms with Crippen LogP contribution < -0.4 is 5.32 Å². The molecular formula is C12H8Cl2N4O3. The third-order valence-electron chi connectivity index (χ3n) is 2.45. The van der Waals surface area contributed by atoms with E-state index in [1.54, 1.807) is 6.92 Å². The van der Waals surface area contributed by atoms with Crippen LogP contribution in [0.3, 0.4) is 0 Å². The number of nitrogens with zero attached hydrogens (tertiary/aromatic N) is 3. The second-order valence-corrected chi connectivity index (χ2v) is 4.83. The summed E-state index contributed by atoms with van der Waals surface area (Å²) in [5.41, 5.74) is 0.273. The summed E-state index contributed by atoms with van der Waals surface area (Å²) in [5.74, 6) is -0.669. The summed E-state index contributed by atoms with van der Waals surface area (Å²) in [6.45, 7) is 1.68. The van der Waals surface area contributed by atoms with Gasteiger partial charge in [-0.1, -0.05) is 23.2 Å². The van der Waals surface area contributed by atoms with E-state index in [2.05, 4.69) is 15.3 Å². The van der Waals surface area contributed by atoms with E-state index >= 15 is 0 Å². The molecule has 1 amide bonds. The maximum atomic E-state index is 12.1. The van der Waals surface area contributed by atoms with Crippen molar-refractivity contribution in [3.05, 3.63) is 55.8 Å². The van der Waals surface area contributed by atoms with Crippen molar-refractivity contribution in [2.75, 3.05) is 5.32 Å². The molecule has 1 heterocycles. The molecule has 0 fully saturated rings. The Bertz CT molecular complexity index is 716. The van der Waals surface area contributed by atoms with Gasteiger partial charge in [0.05, 0.1) is 15.5 Å². The standard InChI is InChI=1S/C12H8Cl2N4O3/c1-6-4-10(14)16-12(15-6)17-11(19)8-5-7(18(20)21)2-3-9(8)13/h2-5H,1H3,(H,15,16,17,19). The van der Waals surface area contributed by atoms with Gasteiger partial charge in [0, 0.05) is 17.8 Å². The minimum atomic E-state index is -0.662. The van der Waals surface area contributed by atoms with Crippen LogP contribution in [-0.4, -0.2) is 20.8 Å². The average Bonchev–Trinajstić information content (AvgIpc) is 2.37. The molecule has 2 aromatic rings. The van der Waals surface area contributed by atoms with Crippen molar-refractivity contribution in [3.8, 4) is 0 Å². The Morgan fingerprint density at radius 2 is 2.00 bits per heavy atom. The molecule has 0 aliphatic heterocycles. The van der Waals surface area contributed by atoms with Gasteiger partial charge in [-0.2, -0.15) is 0 Å². The largest absolute Gasteiger partial charge is 0.290 e. The van der Waals surface area contributed by atoms with E-state index in [9.17, 15) is 14.9 Å². The van der Waals surface area contributed by atoms with Crippen molar-refractivity contribution in [1.82, 2.24) is 9.97 Å². The summed E-state index contributed by atoms with van der Waals surface area (Å²) in [4.78, 5) is 30.0. The first-order chi connectivity index (χ1) is 9.86. The Kier molecular flexibility index (Phi) is 4.35.